The van der Waals surface area contributed by atoms with Gasteiger partial charge in [0.15, 0.2) is 0 Å². The van der Waals surface area contributed by atoms with Gasteiger partial charge in [-0.15, -0.1) is 11.3 Å². The minimum absolute atomic E-state index is 0.00273. The summed E-state index contributed by atoms with van der Waals surface area (Å²) in [6.45, 7) is 6.41. The number of rotatable bonds is 8. The summed E-state index contributed by atoms with van der Waals surface area (Å²) < 4.78 is 32.2. The summed E-state index contributed by atoms with van der Waals surface area (Å²) in [5, 5.41) is 10.1. The number of hydrogen-bond donors (Lipinski definition) is 2. The van der Waals surface area contributed by atoms with Crippen LogP contribution < -0.4 is 4.72 Å². The van der Waals surface area contributed by atoms with E-state index < -0.39 is 16.0 Å². The number of sulfonamides is 1. The van der Waals surface area contributed by atoms with Crippen LogP contribution in [-0.2, 0) is 14.8 Å². The van der Waals surface area contributed by atoms with Crippen molar-refractivity contribution in [3.8, 4) is 0 Å². The van der Waals surface area contributed by atoms with Crippen LogP contribution in [0.5, 0.6) is 0 Å². The lowest BCUT2D eigenvalue weighted by molar-refractivity contribution is 0.0697. The number of carboxylic acid groups (broad SMARTS) is 1. The van der Waals surface area contributed by atoms with Crippen molar-refractivity contribution in [2.45, 2.75) is 31.0 Å². The summed E-state index contributed by atoms with van der Waals surface area (Å²) in [6.07, 6.45) is 0. The summed E-state index contributed by atoms with van der Waals surface area (Å²) >= 11 is 0.890. The highest BCUT2D eigenvalue weighted by atomic mass is 32.2. The molecule has 0 amide bonds. The fraction of sp³-hybridized carbons (Fsp3) is 0.583. The molecule has 0 aliphatic carbocycles. The Hall–Kier alpha value is -0.960. The molecule has 0 saturated carbocycles. The van der Waals surface area contributed by atoms with Crippen molar-refractivity contribution in [1.29, 1.82) is 0 Å². The first kappa shape index (κ1) is 17.1. The molecule has 1 atom stereocenters. The van der Waals surface area contributed by atoms with Gasteiger partial charge in [-0.2, -0.15) is 0 Å². The molecule has 6 nitrogen and oxygen atoms in total. The number of hydrogen-bond acceptors (Lipinski definition) is 5. The lowest BCUT2D eigenvalue weighted by atomic mass is 10.1. The van der Waals surface area contributed by atoms with Gasteiger partial charge in [0.1, 0.15) is 4.21 Å². The number of carbonyl (C=O) groups is 1. The Morgan fingerprint density at radius 1 is 1.50 bits per heavy atom. The fourth-order valence-electron chi connectivity index (χ4n) is 1.43. The molecule has 2 N–H and O–H groups in total. The molecule has 8 heteroatoms. The molecular formula is C12H19NO5S2. The number of thiophene rings is 1. The summed E-state index contributed by atoms with van der Waals surface area (Å²) in [5.41, 5.74) is -0.0266. The Labute approximate surface area is 122 Å². The van der Waals surface area contributed by atoms with Crippen molar-refractivity contribution in [3.05, 3.63) is 17.0 Å². The molecule has 0 fully saturated rings. The molecular weight excluding hydrogens is 302 g/mol. The second-order valence-corrected chi connectivity index (χ2v) is 7.44. The van der Waals surface area contributed by atoms with Gasteiger partial charge in [-0.1, -0.05) is 13.8 Å². The van der Waals surface area contributed by atoms with E-state index in [0.29, 0.717) is 6.61 Å². The summed E-state index contributed by atoms with van der Waals surface area (Å²) in [7, 11) is -3.72. The van der Waals surface area contributed by atoms with E-state index in [1.165, 1.54) is 5.38 Å². The van der Waals surface area contributed by atoms with E-state index >= 15 is 0 Å². The van der Waals surface area contributed by atoms with E-state index in [1.54, 1.807) is 0 Å². The minimum atomic E-state index is -3.72. The van der Waals surface area contributed by atoms with Crippen LogP contribution in [0.4, 0.5) is 0 Å². The van der Waals surface area contributed by atoms with E-state index in [-0.39, 0.29) is 28.3 Å². The van der Waals surface area contributed by atoms with Crippen molar-refractivity contribution in [2.24, 2.45) is 5.92 Å². The first-order chi connectivity index (χ1) is 9.27. The van der Waals surface area contributed by atoms with Crippen molar-refractivity contribution >= 4 is 27.3 Å². The van der Waals surface area contributed by atoms with E-state index in [4.69, 9.17) is 9.84 Å². The number of nitrogens with one attached hydrogen (secondary N) is 1. The summed E-state index contributed by atoms with van der Waals surface area (Å²) in [5.74, 6) is -1.08. The SMILES string of the molecule is CCOCC(NS(=O)(=O)c1cc(C(=O)O)cs1)C(C)C. The molecule has 0 saturated heterocycles. The number of carboxylic acids is 1. The molecule has 0 aliphatic rings. The molecule has 0 bridgehead atoms. The third kappa shape index (κ3) is 4.55. The van der Waals surface area contributed by atoms with E-state index in [1.807, 2.05) is 20.8 Å². The molecule has 20 heavy (non-hydrogen) atoms. The zero-order valence-electron chi connectivity index (χ0n) is 11.6. The molecule has 0 spiro atoms. The van der Waals surface area contributed by atoms with Crippen LogP contribution in [0.3, 0.4) is 0 Å². The molecule has 0 radical (unpaired) electrons. The highest BCUT2D eigenvalue weighted by molar-refractivity contribution is 7.91. The quantitative estimate of drug-likeness (QED) is 0.761. The Morgan fingerprint density at radius 2 is 2.15 bits per heavy atom. The van der Waals surface area contributed by atoms with Crippen LogP contribution in [0.1, 0.15) is 31.1 Å². The average Bonchev–Trinajstić information content (AvgIpc) is 2.84. The normalized spacial score (nSPS) is 13.6. The largest absolute Gasteiger partial charge is 0.478 e. The van der Waals surface area contributed by atoms with Crippen LogP contribution in [0.15, 0.2) is 15.7 Å². The smallest absolute Gasteiger partial charge is 0.336 e. The Morgan fingerprint density at radius 3 is 2.60 bits per heavy atom. The highest BCUT2D eigenvalue weighted by Crippen LogP contribution is 2.21. The third-order valence-electron chi connectivity index (χ3n) is 2.70. The van der Waals surface area contributed by atoms with Gasteiger partial charge >= 0.3 is 5.97 Å². The van der Waals surface area contributed by atoms with Crippen LogP contribution in [-0.4, -0.2) is 38.7 Å². The topological polar surface area (TPSA) is 92.7 Å². The molecule has 1 rings (SSSR count). The Kier molecular flexibility index (Phi) is 6.12. The average molecular weight is 321 g/mol. The molecule has 1 aromatic rings. The van der Waals surface area contributed by atoms with Gasteiger partial charge in [0, 0.05) is 18.0 Å². The van der Waals surface area contributed by atoms with Gasteiger partial charge in [-0.25, -0.2) is 17.9 Å². The minimum Gasteiger partial charge on any atom is -0.478 e. The lowest BCUT2D eigenvalue weighted by Crippen LogP contribution is -2.41. The zero-order valence-corrected chi connectivity index (χ0v) is 13.3. The second-order valence-electron chi connectivity index (χ2n) is 4.59. The first-order valence-electron chi connectivity index (χ1n) is 6.19. The fourth-order valence-corrected chi connectivity index (χ4v) is 3.97. The highest BCUT2D eigenvalue weighted by Gasteiger charge is 2.24. The molecule has 1 unspecified atom stereocenters. The zero-order chi connectivity index (χ0) is 15.3. The maximum atomic E-state index is 12.2. The summed E-state index contributed by atoms with van der Waals surface area (Å²) in [4.78, 5) is 10.8. The van der Waals surface area contributed by atoms with Crippen molar-refractivity contribution in [3.63, 3.8) is 0 Å². The predicted octanol–water partition coefficient (Wildman–Crippen LogP) is 1.79. The number of aromatic carboxylic acids is 1. The Bertz CT molecular complexity index is 550. The molecule has 1 aromatic heterocycles. The summed E-state index contributed by atoms with van der Waals surface area (Å²) in [6, 6.07) is 0.809. The van der Waals surface area contributed by atoms with Crippen LogP contribution in [0.2, 0.25) is 0 Å². The van der Waals surface area contributed by atoms with Gasteiger partial charge in [-0.3, -0.25) is 0 Å². The van der Waals surface area contributed by atoms with Gasteiger partial charge < -0.3 is 9.84 Å². The maximum Gasteiger partial charge on any atom is 0.336 e. The molecule has 114 valence electrons. The first-order valence-corrected chi connectivity index (χ1v) is 8.56. The van der Waals surface area contributed by atoms with Crippen molar-refractivity contribution in [2.75, 3.05) is 13.2 Å². The van der Waals surface area contributed by atoms with Crippen molar-refractivity contribution < 1.29 is 23.1 Å². The standard InChI is InChI=1S/C12H19NO5S2/c1-4-18-6-10(8(2)3)13-20(16,17)11-5-9(7-19-11)12(14)15/h5,7-8,10,13H,4,6H2,1-3H3,(H,14,15). The van der Waals surface area contributed by atoms with E-state index in [9.17, 15) is 13.2 Å². The lowest BCUT2D eigenvalue weighted by Gasteiger charge is -2.21. The number of ether oxygens (including phenoxy) is 1. The molecule has 1 heterocycles. The van der Waals surface area contributed by atoms with E-state index in [2.05, 4.69) is 4.72 Å². The van der Waals surface area contributed by atoms with Gasteiger partial charge in [-0.05, 0) is 18.9 Å². The maximum absolute atomic E-state index is 12.2. The second kappa shape index (κ2) is 7.16. The van der Waals surface area contributed by atoms with Crippen LogP contribution in [0, 0.1) is 5.92 Å². The van der Waals surface area contributed by atoms with Crippen LogP contribution in [0.25, 0.3) is 0 Å². The Balaban J connectivity index is 2.88. The van der Waals surface area contributed by atoms with Crippen molar-refractivity contribution in [1.82, 2.24) is 4.72 Å². The van der Waals surface area contributed by atoms with Gasteiger partial charge in [0.2, 0.25) is 10.0 Å². The molecule has 0 aliphatic heterocycles. The van der Waals surface area contributed by atoms with Gasteiger partial charge in [0.25, 0.3) is 0 Å². The van der Waals surface area contributed by atoms with Crippen LogP contribution >= 0.6 is 11.3 Å². The van der Waals surface area contributed by atoms with Gasteiger partial charge in [0.05, 0.1) is 12.2 Å². The molecule has 0 aromatic carbocycles. The monoisotopic (exact) mass is 321 g/mol. The predicted molar refractivity (Wildman–Crippen MR) is 76.7 cm³/mol. The third-order valence-corrected chi connectivity index (χ3v) is 5.63. The van der Waals surface area contributed by atoms with E-state index in [0.717, 1.165) is 17.4 Å².